The zero-order chi connectivity index (χ0) is 19.3. The first-order valence-corrected chi connectivity index (χ1v) is 10.2. The molecule has 9 heteroatoms. The van der Waals surface area contributed by atoms with E-state index in [2.05, 4.69) is 10.0 Å². The molecule has 2 aromatic rings. The summed E-state index contributed by atoms with van der Waals surface area (Å²) in [6.07, 6.45) is 0. The Labute approximate surface area is 165 Å². The van der Waals surface area contributed by atoms with Crippen molar-refractivity contribution in [3.8, 4) is 0 Å². The van der Waals surface area contributed by atoms with Gasteiger partial charge in [0, 0.05) is 22.4 Å². The van der Waals surface area contributed by atoms with E-state index >= 15 is 0 Å². The van der Waals surface area contributed by atoms with Crippen molar-refractivity contribution >= 4 is 44.2 Å². The zero-order valence-electron chi connectivity index (χ0n) is 14.1. The van der Waals surface area contributed by atoms with Gasteiger partial charge in [-0.05, 0) is 72.0 Å². The number of hydrogen-bond donors (Lipinski definition) is 2. The second-order valence-electron chi connectivity index (χ2n) is 5.58. The predicted molar refractivity (Wildman–Crippen MR) is 105 cm³/mol. The minimum absolute atomic E-state index is 0.0785. The number of carbonyl (C=O) groups is 1. The smallest absolute Gasteiger partial charge is 0.256 e. The molecule has 0 saturated heterocycles. The van der Waals surface area contributed by atoms with Gasteiger partial charge >= 0.3 is 0 Å². The highest BCUT2D eigenvalue weighted by atomic mass is 127. The number of rotatable bonds is 7. The largest absolute Gasteiger partial charge is 0.383 e. The Hall–Kier alpha value is -1.56. The van der Waals surface area contributed by atoms with E-state index in [1.165, 1.54) is 49.6 Å². The van der Waals surface area contributed by atoms with Gasteiger partial charge in [0.15, 0.2) is 0 Å². The Morgan fingerprint density at radius 3 is 2.46 bits per heavy atom. The Morgan fingerprint density at radius 1 is 1.23 bits per heavy atom. The van der Waals surface area contributed by atoms with Crippen molar-refractivity contribution in [3.05, 3.63) is 57.4 Å². The van der Waals surface area contributed by atoms with E-state index in [1.54, 1.807) is 6.92 Å². The monoisotopic (exact) mass is 492 g/mol. The lowest BCUT2D eigenvalue weighted by Gasteiger charge is -2.13. The number of benzene rings is 2. The van der Waals surface area contributed by atoms with Gasteiger partial charge in [0.05, 0.1) is 17.1 Å². The fourth-order valence-electron chi connectivity index (χ4n) is 2.21. The molecule has 0 aliphatic rings. The van der Waals surface area contributed by atoms with E-state index in [1.807, 2.05) is 22.6 Å². The molecule has 0 spiro atoms. The van der Waals surface area contributed by atoms with Crippen molar-refractivity contribution in [2.24, 2.45) is 0 Å². The molecular formula is C17H18FIN2O4S. The van der Waals surface area contributed by atoms with E-state index in [4.69, 9.17) is 4.74 Å². The lowest BCUT2D eigenvalue weighted by Crippen LogP contribution is -2.35. The first kappa shape index (κ1) is 20.7. The van der Waals surface area contributed by atoms with E-state index in [0.29, 0.717) is 14.8 Å². The molecule has 0 bridgehead atoms. The molecule has 2 rings (SSSR count). The van der Waals surface area contributed by atoms with Crippen molar-refractivity contribution < 1.29 is 22.3 Å². The summed E-state index contributed by atoms with van der Waals surface area (Å²) in [6.45, 7) is 1.95. The van der Waals surface area contributed by atoms with Crippen LogP contribution in [0.3, 0.4) is 0 Å². The number of carbonyl (C=O) groups excluding carboxylic acids is 1. The number of amides is 1. The first-order valence-electron chi connectivity index (χ1n) is 7.60. The number of nitrogens with one attached hydrogen (secondary N) is 2. The van der Waals surface area contributed by atoms with Crippen LogP contribution in [0.4, 0.5) is 10.1 Å². The number of sulfonamides is 1. The maximum absolute atomic E-state index is 13.1. The highest BCUT2D eigenvalue weighted by molar-refractivity contribution is 14.1. The maximum Gasteiger partial charge on any atom is 0.256 e. The Kier molecular flexibility index (Phi) is 7.09. The van der Waals surface area contributed by atoms with Crippen LogP contribution in [0.1, 0.15) is 17.3 Å². The summed E-state index contributed by atoms with van der Waals surface area (Å²) >= 11 is 1.88. The third kappa shape index (κ3) is 5.47. The molecule has 6 nitrogen and oxygen atoms in total. The van der Waals surface area contributed by atoms with Gasteiger partial charge in [-0.25, -0.2) is 17.5 Å². The number of ether oxygens (including phenoxy) is 1. The lowest BCUT2D eigenvalue weighted by molar-refractivity contribution is 0.102. The van der Waals surface area contributed by atoms with E-state index in [0.717, 1.165) is 0 Å². The van der Waals surface area contributed by atoms with Gasteiger partial charge in [0.2, 0.25) is 10.0 Å². The molecule has 140 valence electrons. The van der Waals surface area contributed by atoms with Gasteiger partial charge in [0.25, 0.3) is 5.91 Å². The molecule has 2 N–H and O–H groups in total. The van der Waals surface area contributed by atoms with Crippen molar-refractivity contribution in [1.82, 2.24) is 4.72 Å². The highest BCUT2D eigenvalue weighted by Gasteiger charge is 2.17. The first-order chi connectivity index (χ1) is 12.2. The van der Waals surface area contributed by atoms with Crippen LogP contribution in [0.5, 0.6) is 0 Å². The molecule has 1 unspecified atom stereocenters. The predicted octanol–water partition coefficient (Wildman–Crippen LogP) is 3.00. The number of methoxy groups -OCH3 is 1. The average Bonchev–Trinajstić information content (AvgIpc) is 2.54. The molecule has 2 aromatic carbocycles. The maximum atomic E-state index is 13.1. The third-order valence-corrected chi connectivity index (χ3v) is 5.87. The number of halogens is 2. The fourth-order valence-corrected chi connectivity index (χ4v) is 4.16. The molecule has 0 aromatic heterocycles. The summed E-state index contributed by atoms with van der Waals surface area (Å²) in [7, 11) is -2.19. The Balaban J connectivity index is 2.10. The van der Waals surface area contributed by atoms with Crippen LogP contribution in [-0.4, -0.2) is 34.1 Å². The molecule has 0 radical (unpaired) electrons. The van der Waals surface area contributed by atoms with Crippen LogP contribution in [-0.2, 0) is 14.8 Å². The van der Waals surface area contributed by atoms with Crippen LogP contribution in [0.2, 0.25) is 0 Å². The molecule has 0 fully saturated rings. The van der Waals surface area contributed by atoms with Crippen LogP contribution >= 0.6 is 22.6 Å². The number of anilines is 1. The van der Waals surface area contributed by atoms with Gasteiger partial charge in [-0.3, -0.25) is 4.79 Å². The van der Waals surface area contributed by atoms with Crippen molar-refractivity contribution in [3.63, 3.8) is 0 Å². The third-order valence-electron chi connectivity index (χ3n) is 3.37. The van der Waals surface area contributed by atoms with Gasteiger partial charge in [-0.2, -0.15) is 0 Å². The van der Waals surface area contributed by atoms with Crippen LogP contribution < -0.4 is 10.0 Å². The topological polar surface area (TPSA) is 84.5 Å². The molecule has 0 aliphatic heterocycles. The lowest BCUT2D eigenvalue weighted by atomic mass is 10.2. The molecule has 1 amide bonds. The normalized spacial score (nSPS) is 12.6. The summed E-state index contributed by atoms with van der Waals surface area (Å²) in [5, 5.41) is 2.66. The molecule has 0 heterocycles. The Morgan fingerprint density at radius 2 is 1.88 bits per heavy atom. The minimum atomic E-state index is -3.68. The second kappa shape index (κ2) is 8.89. The molecule has 1 atom stereocenters. The quantitative estimate of drug-likeness (QED) is 0.583. The van der Waals surface area contributed by atoms with E-state index in [9.17, 15) is 17.6 Å². The Bertz CT molecular complexity index is 888. The zero-order valence-corrected chi connectivity index (χ0v) is 17.1. The highest BCUT2D eigenvalue weighted by Crippen LogP contribution is 2.18. The van der Waals surface area contributed by atoms with Crippen molar-refractivity contribution in [2.45, 2.75) is 17.9 Å². The molecule has 0 saturated carbocycles. The van der Waals surface area contributed by atoms with Crippen molar-refractivity contribution in [2.75, 3.05) is 19.0 Å². The van der Waals surface area contributed by atoms with Gasteiger partial charge < -0.3 is 10.1 Å². The van der Waals surface area contributed by atoms with Crippen molar-refractivity contribution in [1.29, 1.82) is 0 Å². The van der Waals surface area contributed by atoms with Gasteiger partial charge in [-0.1, -0.05) is 0 Å². The fraction of sp³-hybridized carbons (Fsp3) is 0.235. The summed E-state index contributed by atoms with van der Waals surface area (Å²) < 4.78 is 45.5. The van der Waals surface area contributed by atoms with Crippen LogP contribution in [0.25, 0.3) is 0 Å². The van der Waals surface area contributed by atoms with E-state index < -0.39 is 21.7 Å². The van der Waals surface area contributed by atoms with Gasteiger partial charge in [0.1, 0.15) is 5.82 Å². The molecule has 26 heavy (non-hydrogen) atoms. The van der Waals surface area contributed by atoms with Crippen LogP contribution in [0, 0.1) is 9.39 Å². The second-order valence-corrected chi connectivity index (χ2v) is 8.46. The summed E-state index contributed by atoms with van der Waals surface area (Å²) in [6, 6.07) is 9.27. The summed E-state index contributed by atoms with van der Waals surface area (Å²) in [4.78, 5) is 12.3. The van der Waals surface area contributed by atoms with Gasteiger partial charge in [-0.15, -0.1) is 0 Å². The van der Waals surface area contributed by atoms with E-state index in [-0.39, 0.29) is 17.5 Å². The number of hydrogen-bond acceptors (Lipinski definition) is 4. The average molecular weight is 492 g/mol. The standard InChI is InChI=1S/C17H18FIN2O4S/c1-11(10-25-2)21-26(23,24)14-6-4-13(5-7-14)20-17(22)15-8-3-12(18)9-16(15)19/h3-9,11,21H,10H2,1-2H3,(H,20,22). The SMILES string of the molecule is COCC(C)NS(=O)(=O)c1ccc(NC(=O)c2ccc(F)cc2I)cc1. The van der Waals surface area contributed by atoms with Crippen LogP contribution in [0.15, 0.2) is 47.4 Å². The molecular weight excluding hydrogens is 474 g/mol. The summed E-state index contributed by atoms with van der Waals surface area (Å²) in [5.41, 5.74) is 0.762. The minimum Gasteiger partial charge on any atom is -0.383 e. The summed E-state index contributed by atoms with van der Waals surface area (Å²) in [5.74, 6) is -0.826. The molecule has 0 aliphatic carbocycles.